The molecule has 2 amide bonds. The number of nitrogens with one attached hydrogen (secondary N) is 3. The number of benzene rings is 2. The van der Waals surface area contributed by atoms with E-state index in [1.165, 1.54) is 0 Å². The lowest BCUT2D eigenvalue weighted by Crippen LogP contribution is -2.19. The molecule has 3 aromatic rings. The van der Waals surface area contributed by atoms with Gasteiger partial charge in [-0.1, -0.05) is 24.3 Å². The third kappa shape index (κ3) is 5.14. The molecule has 0 bridgehead atoms. The van der Waals surface area contributed by atoms with Crippen molar-refractivity contribution in [3.63, 3.8) is 0 Å². The molecular weight excluding hydrogens is 356 g/mol. The van der Waals surface area contributed by atoms with E-state index in [9.17, 15) is 4.79 Å². The minimum absolute atomic E-state index is 0.343. The number of hydrogen-bond donors (Lipinski definition) is 3. The molecule has 7 heteroatoms. The van der Waals surface area contributed by atoms with Crippen LogP contribution >= 0.6 is 0 Å². The number of methoxy groups -OCH3 is 2. The normalized spacial score (nSPS) is 10.1. The minimum atomic E-state index is -0.343. The number of carbonyl (C=O) groups is 1. The molecule has 0 radical (unpaired) electrons. The third-order valence-electron chi connectivity index (χ3n) is 3.98. The fourth-order valence-electron chi connectivity index (χ4n) is 2.57. The number of pyridine rings is 1. The van der Waals surface area contributed by atoms with E-state index in [1.807, 2.05) is 54.6 Å². The van der Waals surface area contributed by atoms with Gasteiger partial charge in [0.25, 0.3) is 0 Å². The SMILES string of the molecule is COc1ccc(CNc2ccc(NC(=O)Nc3ccccc3)nc2)cc1OC. The van der Waals surface area contributed by atoms with E-state index in [2.05, 4.69) is 20.9 Å². The number of ether oxygens (including phenoxy) is 2. The van der Waals surface area contributed by atoms with Gasteiger partial charge in [-0.3, -0.25) is 5.32 Å². The lowest BCUT2D eigenvalue weighted by atomic mass is 10.2. The molecule has 0 unspecified atom stereocenters. The van der Waals surface area contributed by atoms with Crippen LogP contribution in [0.2, 0.25) is 0 Å². The topological polar surface area (TPSA) is 84.5 Å². The summed E-state index contributed by atoms with van der Waals surface area (Å²) in [6.45, 7) is 0.600. The molecule has 7 nitrogen and oxygen atoms in total. The van der Waals surface area contributed by atoms with E-state index < -0.39 is 0 Å². The van der Waals surface area contributed by atoms with Crippen molar-refractivity contribution in [1.82, 2.24) is 4.98 Å². The Morgan fingerprint density at radius 3 is 2.36 bits per heavy atom. The maximum atomic E-state index is 12.0. The van der Waals surface area contributed by atoms with Crippen molar-refractivity contribution in [2.45, 2.75) is 6.54 Å². The summed E-state index contributed by atoms with van der Waals surface area (Å²) in [6, 6.07) is 18.2. The number of carbonyl (C=O) groups excluding carboxylic acids is 1. The van der Waals surface area contributed by atoms with E-state index in [0.29, 0.717) is 29.5 Å². The number of anilines is 3. The summed E-state index contributed by atoms with van der Waals surface area (Å²) in [7, 11) is 3.22. The second kappa shape index (κ2) is 9.27. The zero-order valence-corrected chi connectivity index (χ0v) is 15.7. The van der Waals surface area contributed by atoms with Crippen LogP contribution < -0.4 is 25.4 Å². The van der Waals surface area contributed by atoms with Gasteiger partial charge in [0.15, 0.2) is 11.5 Å². The summed E-state index contributed by atoms with van der Waals surface area (Å²) in [5.74, 6) is 1.84. The molecule has 0 spiro atoms. The van der Waals surface area contributed by atoms with Crippen molar-refractivity contribution >= 4 is 23.2 Å². The van der Waals surface area contributed by atoms with Gasteiger partial charge in [0.2, 0.25) is 0 Å². The highest BCUT2D eigenvalue weighted by Crippen LogP contribution is 2.27. The Hall–Kier alpha value is -3.74. The van der Waals surface area contributed by atoms with Crippen molar-refractivity contribution < 1.29 is 14.3 Å². The van der Waals surface area contributed by atoms with Crippen molar-refractivity contribution in [3.05, 3.63) is 72.4 Å². The van der Waals surface area contributed by atoms with Crippen LogP contribution in [0.25, 0.3) is 0 Å². The molecule has 28 heavy (non-hydrogen) atoms. The molecule has 0 atom stereocenters. The molecule has 0 aliphatic heterocycles. The van der Waals surface area contributed by atoms with Crippen LogP contribution in [0.5, 0.6) is 11.5 Å². The molecule has 1 heterocycles. The van der Waals surface area contributed by atoms with Crippen LogP contribution in [0.1, 0.15) is 5.56 Å². The fourth-order valence-corrected chi connectivity index (χ4v) is 2.57. The van der Waals surface area contributed by atoms with Gasteiger partial charge < -0.3 is 20.1 Å². The van der Waals surface area contributed by atoms with Gasteiger partial charge in [-0.05, 0) is 42.0 Å². The lowest BCUT2D eigenvalue weighted by Gasteiger charge is -2.11. The Balaban J connectivity index is 1.54. The van der Waals surface area contributed by atoms with Crippen LogP contribution in [0, 0.1) is 0 Å². The molecule has 1 aromatic heterocycles. The number of amides is 2. The van der Waals surface area contributed by atoms with Crippen LogP contribution in [-0.2, 0) is 6.54 Å². The van der Waals surface area contributed by atoms with E-state index in [-0.39, 0.29) is 6.03 Å². The minimum Gasteiger partial charge on any atom is -0.493 e. The van der Waals surface area contributed by atoms with Crippen LogP contribution in [0.15, 0.2) is 66.9 Å². The quantitative estimate of drug-likeness (QED) is 0.569. The second-order valence-electron chi connectivity index (χ2n) is 5.92. The standard InChI is InChI=1S/C21H22N4O3/c1-27-18-10-8-15(12-19(18)28-2)13-22-17-9-11-20(23-14-17)25-21(26)24-16-6-4-3-5-7-16/h3-12,14,22H,13H2,1-2H3,(H2,23,24,25,26). The van der Waals surface area contributed by atoms with Crippen molar-refractivity contribution in [2.75, 3.05) is 30.2 Å². The highest BCUT2D eigenvalue weighted by Gasteiger charge is 2.06. The summed E-state index contributed by atoms with van der Waals surface area (Å²) < 4.78 is 10.6. The molecule has 2 aromatic carbocycles. The average molecular weight is 378 g/mol. The number of nitrogens with zero attached hydrogens (tertiary/aromatic N) is 1. The first kappa shape index (κ1) is 19.0. The average Bonchev–Trinajstić information content (AvgIpc) is 2.73. The van der Waals surface area contributed by atoms with Crippen molar-refractivity contribution in [3.8, 4) is 11.5 Å². The molecule has 0 saturated heterocycles. The maximum Gasteiger partial charge on any atom is 0.324 e. The number of aromatic nitrogens is 1. The third-order valence-corrected chi connectivity index (χ3v) is 3.98. The van der Waals surface area contributed by atoms with Crippen LogP contribution in [0.4, 0.5) is 22.0 Å². The monoisotopic (exact) mass is 378 g/mol. The molecule has 3 rings (SSSR count). The highest BCUT2D eigenvalue weighted by molar-refractivity contribution is 5.99. The number of hydrogen-bond acceptors (Lipinski definition) is 5. The first-order chi connectivity index (χ1) is 13.7. The van der Waals surface area contributed by atoms with Gasteiger partial charge in [0.1, 0.15) is 5.82 Å². The van der Waals surface area contributed by atoms with Gasteiger partial charge in [-0.15, -0.1) is 0 Å². The molecule has 0 aliphatic carbocycles. The largest absolute Gasteiger partial charge is 0.493 e. The first-order valence-corrected chi connectivity index (χ1v) is 8.72. The lowest BCUT2D eigenvalue weighted by molar-refractivity contribution is 0.262. The fraction of sp³-hybridized carbons (Fsp3) is 0.143. The zero-order valence-electron chi connectivity index (χ0n) is 15.7. The summed E-state index contributed by atoms with van der Waals surface area (Å²) in [6.07, 6.45) is 1.67. The first-order valence-electron chi connectivity index (χ1n) is 8.72. The smallest absolute Gasteiger partial charge is 0.324 e. The summed E-state index contributed by atoms with van der Waals surface area (Å²) in [5.41, 5.74) is 2.60. The second-order valence-corrected chi connectivity index (χ2v) is 5.92. The number of urea groups is 1. The van der Waals surface area contributed by atoms with Crippen LogP contribution in [0.3, 0.4) is 0 Å². The van der Waals surface area contributed by atoms with E-state index in [0.717, 1.165) is 11.3 Å². The molecule has 0 fully saturated rings. The summed E-state index contributed by atoms with van der Waals surface area (Å²) in [5, 5.41) is 8.73. The Bertz CT molecular complexity index is 915. The Kier molecular flexibility index (Phi) is 6.30. The molecule has 144 valence electrons. The van der Waals surface area contributed by atoms with Gasteiger partial charge in [-0.25, -0.2) is 9.78 Å². The van der Waals surface area contributed by atoms with Gasteiger partial charge in [-0.2, -0.15) is 0 Å². The van der Waals surface area contributed by atoms with Gasteiger partial charge >= 0.3 is 6.03 Å². The maximum absolute atomic E-state index is 12.0. The predicted molar refractivity (Wildman–Crippen MR) is 110 cm³/mol. The zero-order chi connectivity index (χ0) is 19.8. The van der Waals surface area contributed by atoms with Crippen LogP contribution in [-0.4, -0.2) is 25.2 Å². The van der Waals surface area contributed by atoms with E-state index >= 15 is 0 Å². The molecule has 0 saturated carbocycles. The molecular formula is C21H22N4O3. The van der Waals surface area contributed by atoms with Gasteiger partial charge in [0.05, 0.1) is 26.1 Å². The summed E-state index contributed by atoms with van der Waals surface area (Å²) in [4.78, 5) is 16.2. The Labute approximate surface area is 163 Å². The predicted octanol–water partition coefficient (Wildman–Crippen LogP) is 4.35. The Morgan fingerprint density at radius 2 is 1.68 bits per heavy atom. The highest BCUT2D eigenvalue weighted by atomic mass is 16.5. The molecule has 0 aliphatic rings. The number of rotatable bonds is 7. The Morgan fingerprint density at radius 1 is 0.893 bits per heavy atom. The number of para-hydroxylation sites is 1. The van der Waals surface area contributed by atoms with E-state index in [4.69, 9.17) is 9.47 Å². The van der Waals surface area contributed by atoms with Crippen molar-refractivity contribution in [1.29, 1.82) is 0 Å². The molecule has 3 N–H and O–H groups in total. The van der Waals surface area contributed by atoms with Crippen molar-refractivity contribution in [2.24, 2.45) is 0 Å². The summed E-state index contributed by atoms with van der Waals surface area (Å²) >= 11 is 0. The van der Waals surface area contributed by atoms with Gasteiger partial charge in [0, 0.05) is 12.2 Å². The van der Waals surface area contributed by atoms with E-state index in [1.54, 1.807) is 26.5 Å².